The summed E-state index contributed by atoms with van der Waals surface area (Å²) in [6.45, 7) is 2.00. The van der Waals surface area contributed by atoms with E-state index in [9.17, 15) is 8.78 Å². The summed E-state index contributed by atoms with van der Waals surface area (Å²) < 4.78 is 31.5. The van der Waals surface area contributed by atoms with Gasteiger partial charge in [0, 0.05) is 0 Å². The van der Waals surface area contributed by atoms with E-state index in [0.29, 0.717) is 18.8 Å². The van der Waals surface area contributed by atoms with E-state index in [1.807, 2.05) is 6.92 Å². The first-order valence-electron chi connectivity index (χ1n) is 5.29. The Morgan fingerprint density at radius 1 is 1.43 bits per heavy atom. The van der Waals surface area contributed by atoms with Crippen LogP contribution in [0.1, 0.15) is 26.2 Å². The van der Waals surface area contributed by atoms with E-state index in [2.05, 4.69) is 6.08 Å². The third-order valence-corrected chi connectivity index (χ3v) is 3.87. The first kappa shape index (κ1) is 8.84. The predicted molar refractivity (Wildman–Crippen MR) is 47.9 cm³/mol. The van der Waals surface area contributed by atoms with Crippen LogP contribution in [0.4, 0.5) is 8.78 Å². The topological polar surface area (TPSA) is 9.23 Å². The first-order valence-corrected chi connectivity index (χ1v) is 5.29. The van der Waals surface area contributed by atoms with Gasteiger partial charge in [0.1, 0.15) is 0 Å². The highest BCUT2D eigenvalue weighted by Gasteiger charge is 2.64. The first-order chi connectivity index (χ1) is 6.58. The zero-order valence-electron chi connectivity index (χ0n) is 8.17. The Hall–Kier alpha value is -0.440. The molecule has 14 heavy (non-hydrogen) atoms. The van der Waals surface area contributed by atoms with Gasteiger partial charge in [-0.05, 0) is 38.0 Å². The molecule has 0 spiro atoms. The molecule has 0 radical (unpaired) electrons. The zero-order valence-corrected chi connectivity index (χ0v) is 8.17. The molecule has 0 aromatic heterocycles. The van der Waals surface area contributed by atoms with Crippen molar-refractivity contribution in [3.63, 3.8) is 0 Å². The number of fused-ring (bicyclic) bond motifs is 3. The summed E-state index contributed by atoms with van der Waals surface area (Å²) in [5.74, 6) is 0.118. The molecule has 4 atom stereocenters. The van der Waals surface area contributed by atoms with E-state index in [1.165, 1.54) is 5.57 Å². The molecular formula is C11H14F2O. The summed E-state index contributed by atoms with van der Waals surface area (Å²) in [6.07, 6.45) is 1.42. The number of alkyl halides is 2. The van der Waals surface area contributed by atoms with Gasteiger partial charge in [-0.1, -0.05) is 11.6 Å². The lowest BCUT2D eigenvalue weighted by molar-refractivity contribution is -0.305. The van der Waals surface area contributed by atoms with Gasteiger partial charge in [0.2, 0.25) is 0 Å². The highest BCUT2D eigenvalue weighted by atomic mass is 19.3. The van der Waals surface area contributed by atoms with Crippen LogP contribution >= 0.6 is 0 Å². The Morgan fingerprint density at radius 3 is 3.00 bits per heavy atom. The summed E-state index contributed by atoms with van der Waals surface area (Å²) in [5, 5.41) is 0. The number of rotatable bonds is 0. The Morgan fingerprint density at radius 2 is 2.21 bits per heavy atom. The van der Waals surface area contributed by atoms with Gasteiger partial charge in [0.05, 0.1) is 12.0 Å². The molecule has 1 saturated carbocycles. The molecule has 1 nitrogen and oxygen atoms in total. The van der Waals surface area contributed by atoms with Crippen molar-refractivity contribution in [1.82, 2.24) is 0 Å². The number of hydrogen-bond acceptors (Lipinski definition) is 1. The lowest BCUT2D eigenvalue weighted by atomic mass is 9.82. The highest BCUT2D eigenvalue weighted by molar-refractivity contribution is 5.13. The number of halogens is 2. The van der Waals surface area contributed by atoms with E-state index >= 15 is 0 Å². The minimum Gasteiger partial charge on any atom is -0.316 e. The minimum absolute atomic E-state index is 0.223. The molecule has 4 unspecified atom stereocenters. The lowest BCUT2D eigenvalue weighted by Crippen LogP contribution is -2.42. The molecule has 78 valence electrons. The number of ether oxygens (including phenoxy) is 1. The van der Waals surface area contributed by atoms with Gasteiger partial charge in [0.25, 0.3) is 0 Å². The standard InChI is InChI=1S/C11H14F2O/c1-6-2-3-7-8-5-9(8)11(12,13)14-10(7)4-6/h2,7-10H,3-5H2,1H3. The van der Waals surface area contributed by atoms with Crippen LogP contribution in [-0.4, -0.2) is 12.2 Å². The van der Waals surface area contributed by atoms with Crippen LogP contribution < -0.4 is 0 Å². The molecule has 2 fully saturated rings. The van der Waals surface area contributed by atoms with Crippen molar-refractivity contribution in [2.45, 2.75) is 38.4 Å². The normalized spacial score (nSPS) is 48.9. The van der Waals surface area contributed by atoms with Crippen LogP contribution in [0.15, 0.2) is 11.6 Å². The maximum Gasteiger partial charge on any atom is 0.359 e. The quantitative estimate of drug-likeness (QED) is 0.546. The van der Waals surface area contributed by atoms with E-state index in [-0.39, 0.29) is 12.0 Å². The molecule has 2 aliphatic carbocycles. The van der Waals surface area contributed by atoms with Crippen molar-refractivity contribution in [1.29, 1.82) is 0 Å². The maximum absolute atomic E-state index is 13.3. The van der Waals surface area contributed by atoms with Crippen molar-refractivity contribution >= 4 is 0 Å². The fraction of sp³-hybridized carbons (Fsp3) is 0.818. The molecule has 0 aromatic carbocycles. The molecule has 1 saturated heterocycles. The van der Waals surface area contributed by atoms with Gasteiger partial charge in [0.15, 0.2) is 0 Å². The van der Waals surface area contributed by atoms with Crippen LogP contribution in [-0.2, 0) is 4.74 Å². The van der Waals surface area contributed by atoms with Crippen molar-refractivity contribution in [3.8, 4) is 0 Å². The minimum atomic E-state index is -2.84. The van der Waals surface area contributed by atoms with E-state index in [1.54, 1.807) is 0 Å². The van der Waals surface area contributed by atoms with Crippen LogP contribution in [0.5, 0.6) is 0 Å². The summed E-state index contributed by atoms with van der Waals surface area (Å²) in [5.41, 5.74) is 1.20. The van der Waals surface area contributed by atoms with Gasteiger partial charge in [-0.3, -0.25) is 0 Å². The molecule has 0 bridgehead atoms. The average Bonchev–Trinajstić information content (AvgIpc) is 2.82. The largest absolute Gasteiger partial charge is 0.359 e. The molecule has 3 heteroatoms. The van der Waals surface area contributed by atoms with Gasteiger partial charge >= 0.3 is 6.11 Å². The summed E-state index contributed by atoms with van der Waals surface area (Å²) in [7, 11) is 0. The molecule has 1 heterocycles. The van der Waals surface area contributed by atoms with Crippen molar-refractivity contribution in [2.24, 2.45) is 17.8 Å². The lowest BCUT2D eigenvalue weighted by Gasteiger charge is -2.38. The molecule has 1 aliphatic heterocycles. The highest BCUT2D eigenvalue weighted by Crippen LogP contribution is 2.61. The fourth-order valence-corrected chi connectivity index (χ4v) is 2.98. The van der Waals surface area contributed by atoms with Gasteiger partial charge < -0.3 is 4.74 Å². The summed E-state index contributed by atoms with van der Waals surface area (Å²) >= 11 is 0. The Kier molecular flexibility index (Phi) is 1.62. The molecule has 0 amide bonds. The number of allylic oxidation sites excluding steroid dienone is 1. The molecular weight excluding hydrogens is 186 g/mol. The van der Waals surface area contributed by atoms with Gasteiger partial charge in [-0.25, -0.2) is 0 Å². The molecule has 3 rings (SSSR count). The molecule has 0 aromatic rings. The van der Waals surface area contributed by atoms with Crippen LogP contribution in [0.2, 0.25) is 0 Å². The smallest absolute Gasteiger partial charge is 0.316 e. The van der Waals surface area contributed by atoms with E-state index in [0.717, 1.165) is 6.42 Å². The van der Waals surface area contributed by atoms with E-state index < -0.39 is 12.0 Å². The summed E-state index contributed by atoms with van der Waals surface area (Å²) in [6, 6.07) is 0. The van der Waals surface area contributed by atoms with Crippen LogP contribution in [0, 0.1) is 17.8 Å². The SMILES string of the molecule is CC1=CCC2C(C1)OC(F)(F)C1CC21. The van der Waals surface area contributed by atoms with Gasteiger partial charge in [-0.15, -0.1) is 0 Å². The third kappa shape index (κ3) is 1.14. The van der Waals surface area contributed by atoms with Crippen molar-refractivity contribution in [2.75, 3.05) is 0 Å². The Bertz CT molecular complexity index is 298. The maximum atomic E-state index is 13.3. The van der Waals surface area contributed by atoms with Crippen molar-refractivity contribution in [3.05, 3.63) is 11.6 Å². The Balaban J connectivity index is 1.85. The monoisotopic (exact) mass is 200 g/mol. The van der Waals surface area contributed by atoms with E-state index in [4.69, 9.17) is 4.74 Å². The second-order valence-corrected chi connectivity index (χ2v) is 4.88. The average molecular weight is 200 g/mol. The second-order valence-electron chi connectivity index (χ2n) is 4.88. The zero-order chi connectivity index (χ0) is 9.92. The fourth-order valence-electron chi connectivity index (χ4n) is 2.98. The van der Waals surface area contributed by atoms with Crippen LogP contribution in [0.3, 0.4) is 0 Å². The number of hydrogen-bond donors (Lipinski definition) is 0. The predicted octanol–water partition coefficient (Wildman–Crippen LogP) is 2.97. The second kappa shape index (κ2) is 2.57. The summed E-state index contributed by atoms with van der Waals surface area (Å²) in [4.78, 5) is 0. The van der Waals surface area contributed by atoms with Gasteiger partial charge in [-0.2, -0.15) is 8.78 Å². The molecule has 3 aliphatic rings. The van der Waals surface area contributed by atoms with Crippen LogP contribution in [0.25, 0.3) is 0 Å². The Labute approximate surface area is 82.1 Å². The third-order valence-electron chi connectivity index (χ3n) is 3.87. The van der Waals surface area contributed by atoms with Crippen molar-refractivity contribution < 1.29 is 13.5 Å². The molecule has 0 N–H and O–H groups in total.